The Bertz CT molecular complexity index is 1550. The van der Waals surface area contributed by atoms with Crippen LogP contribution in [0.3, 0.4) is 0 Å². The highest BCUT2D eigenvalue weighted by Crippen LogP contribution is 2.42. The van der Waals surface area contributed by atoms with Gasteiger partial charge >= 0.3 is 0 Å². The van der Waals surface area contributed by atoms with Crippen molar-refractivity contribution in [2.75, 3.05) is 4.90 Å². The molecule has 1 saturated heterocycles. The van der Waals surface area contributed by atoms with Crippen LogP contribution in [0.1, 0.15) is 42.1 Å². The van der Waals surface area contributed by atoms with E-state index in [4.69, 9.17) is 9.47 Å². The van der Waals surface area contributed by atoms with Crippen LogP contribution in [0.4, 0.5) is 5.69 Å². The van der Waals surface area contributed by atoms with Crippen molar-refractivity contribution >= 4 is 23.1 Å². The van der Waals surface area contributed by atoms with Crippen molar-refractivity contribution in [3.8, 4) is 11.5 Å². The monoisotopic (exact) mass is 534 g/mol. The van der Waals surface area contributed by atoms with Crippen molar-refractivity contribution < 1.29 is 24.2 Å². The lowest BCUT2D eigenvalue weighted by molar-refractivity contribution is -0.132. The number of aryl methyl sites for hydroxylation is 1. The Balaban J connectivity index is 1.51. The minimum atomic E-state index is -0.864. The molecule has 0 aliphatic carbocycles. The van der Waals surface area contributed by atoms with Crippen molar-refractivity contribution in [1.82, 2.24) is 4.98 Å². The van der Waals surface area contributed by atoms with Crippen molar-refractivity contribution in [2.24, 2.45) is 0 Å². The molecular formula is C33H30N2O5. The zero-order valence-corrected chi connectivity index (χ0v) is 22.6. The van der Waals surface area contributed by atoms with Crippen LogP contribution in [0.2, 0.25) is 0 Å². The van der Waals surface area contributed by atoms with Gasteiger partial charge < -0.3 is 14.6 Å². The van der Waals surface area contributed by atoms with Crippen LogP contribution in [0.15, 0.2) is 103 Å². The van der Waals surface area contributed by atoms with E-state index in [0.29, 0.717) is 34.9 Å². The normalized spacial score (nSPS) is 16.4. The quantitative estimate of drug-likeness (QED) is 0.160. The maximum Gasteiger partial charge on any atom is 0.300 e. The Morgan fingerprint density at radius 3 is 2.38 bits per heavy atom. The first-order valence-corrected chi connectivity index (χ1v) is 13.1. The number of aromatic nitrogens is 1. The second-order valence-electron chi connectivity index (χ2n) is 9.87. The fourth-order valence-corrected chi connectivity index (χ4v) is 4.73. The number of nitrogens with zero attached hydrogens (tertiary/aromatic N) is 2. The summed E-state index contributed by atoms with van der Waals surface area (Å²) in [6.07, 6.45) is 3.20. The molecule has 40 heavy (non-hydrogen) atoms. The van der Waals surface area contributed by atoms with E-state index >= 15 is 0 Å². The number of carbonyl (C=O) groups is 2. The smallest absolute Gasteiger partial charge is 0.300 e. The second-order valence-corrected chi connectivity index (χ2v) is 9.87. The maximum atomic E-state index is 13.4. The molecule has 5 rings (SSSR count). The standard InChI is InChI=1S/C33H30N2O5/c1-21(2)40-28-16-11-24(18-22(28)3)31(36)29-30(25-10-7-17-34-19-25)35(33(38)32(29)37)26-12-14-27(15-13-26)39-20-23-8-5-4-6-9-23/h4-19,21,30,36H,20H2,1-3H3/b31-29-. The largest absolute Gasteiger partial charge is 0.507 e. The highest BCUT2D eigenvalue weighted by Gasteiger charge is 2.47. The van der Waals surface area contributed by atoms with Crippen molar-refractivity contribution in [3.05, 3.63) is 125 Å². The molecule has 1 aliphatic heterocycles. The van der Waals surface area contributed by atoms with Crippen LogP contribution in [0, 0.1) is 6.92 Å². The first kappa shape index (κ1) is 26.7. The fourth-order valence-electron chi connectivity index (χ4n) is 4.73. The Morgan fingerprint density at radius 2 is 1.73 bits per heavy atom. The molecule has 4 aromatic rings. The number of aliphatic hydroxyl groups is 1. The topological polar surface area (TPSA) is 89.0 Å². The number of amides is 1. The first-order valence-electron chi connectivity index (χ1n) is 13.1. The van der Waals surface area contributed by atoms with E-state index in [9.17, 15) is 14.7 Å². The third-order valence-corrected chi connectivity index (χ3v) is 6.62. The molecule has 1 aromatic heterocycles. The highest BCUT2D eigenvalue weighted by molar-refractivity contribution is 6.51. The zero-order valence-electron chi connectivity index (χ0n) is 22.6. The minimum absolute atomic E-state index is 0.000618. The van der Waals surface area contributed by atoms with E-state index in [-0.39, 0.29) is 17.4 Å². The average molecular weight is 535 g/mol. The molecule has 1 unspecified atom stereocenters. The van der Waals surface area contributed by atoms with E-state index in [1.165, 1.54) is 4.90 Å². The van der Waals surface area contributed by atoms with E-state index < -0.39 is 17.7 Å². The zero-order chi connectivity index (χ0) is 28.2. The van der Waals surface area contributed by atoms with Crippen LogP contribution >= 0.6 is 0 Å². The van der Waals surface area contributed by atoms with Crippen LogP contribution in [-0.2, 0) is 16.2 Å². The van der Waals surface area contributed by atoms with Gasteiger partial charge in [-0.05, 0) is 86.0 Å². The summed E-state index contributed by atoms with van der Waals surface area (Å²) in [4.78, 5) is 32.5. The molecule has 3 aromatic carbocycles. The number of anilines is 1. The minimum Gasteiger partial charge on any atom is -0.507 e. The predicted molar refractivity (Wildman–Crippen MR) is 153 cm³/mol. The molecule has 0 spiro atoms. The van der Waals surface area contributed by atoms with Gasteiger partial charge in [-0.2, -0.15) is 0 Å². The van der Waals surface area contributed by atoms with Crippen molar-refractivity contribution in [3.63, 3.8) is 0 Å². The molecule has 0 radical (unpaired) electrons. The molecule has 1 atom stereocenters. The Hall–Kier alpha value is -4.91. The van der Waals surface area contributed by atoms with Gasteiger partial charge in [0.1, 0.15) is 23.9 Å². The number of ketones is 1. The number of carbonyl (C=O) groups excluding carboxylic acids is 2. The third-order valence-electron chi connectivity index (χ3n) is 6.62. The molecule has 1 aliphatic rings. The van der Waals surface area contributed by atoms with Gasteiger partial charge in [-0.15, -0.1) is 0 Å². The first-order chi connectivity index (χ1) is 19.3. The van der Waals surface area contributed by atoms with Gasteiger partial charge in [-0.3, -0.25) is 19.5 Å². The summed E-state index contributed by atoms with van der Waals surface area (Å²) in [6.45, 7) is 6.14. The van der Waals surface area contributed by atoms with Crippen LogP contribution < -0.4 is 14.4 Å². The number of pyridine rings is 1. The summed E-state index contributed by atoms with van der Waals surface area (Å²) in [5.74, 6) is -0.441. The summed E-state index contributed by atoms with van der Waals surface area (Å²) < 4.78 is 11.7. The lowest BCUT2D eigenvalue weighted by Gasteiger charge is -2.25. The molecule has 7 heteroatoms. The number of aliphatic hydroxyl groups excluding tert-OH is 1. The van der Waals surface area contributed by atoms with Crippen LogP contribution in [-0.4, -0.2) is 27.9 Å². The lowest BCUT2D eigenvalue weighted by Crippen LogP contribution is -2.29. The molecule has 1 fully saturated rings. The van der Waals surface area contributed by atoms with Crippen molar-refractivity contribution in [2.45, 2.75) is 39.5 Å². The molecule has 1 amide bonds. The fraction of sp³-hybridized carbons (Fsp3) is 0.182. The van der Waals surface area contributed by atoms with Crippen LogP contribution in [0.5, 0.6) is 11.5 Å². The predicted octanol–water partition coefficient (Wildman–Crippen LogP) is 6.38. The maximum absolute atomic E-state index is 13.4. The Labute approximate surface area is 233 Å². The van der Waals surface area contributed by atoms with Gasteiger partial charge in [0.15, 0.2) is 0 Å². The Morgan fingerprint density at radius 1 is 0.975 bits per heavy atom. The molecule has 0 bridgehead atoms. The second kappa shape index (κ2) is 11.5. The summed E-state index contributed by atoms with van der Waals surface area (Å²) in [7, 11) is 0. The van der Waals surface area contributed by atoms with Gasteiger partial charge in [-0.1, -0.05) is 36.4 Å². The third kappa shape index (κ3) is 5.45. The van der Waals surface area contributed by atoms with Crippen LogP contribution in [0.25, 0.3) is 5.76 Å². The number of ether oxygens (including phenoxy) is 2. The Kier molecular flexibility index (Phi) is 7.64. The summed E-state index contributed by atoms with van der Waals surface area (Å²) in [6, 6.07) is 24.6. The van der Waals surface area contributed by atoms with Gasteiger partial charge in [0.2, 0.25) is 0 Å². The van der Waals surface area contributed by atoms with Gasteiger partial charge in [-0.25, -0.2) is 0 Å². The van der Waals surface area contributed by atoms with Gasteiger partial charge in [0.05, 0.1) is 17.7 Å². The molecular weight excluding hydrogens is 504 g/mol. The summed E-state index contributed by atoms with van der Waals surface area (Å²) >= 11 is 0. The number of rotatable bonds is 8. The molecule has 202 valence electrons. The highest BCUT2D eigenvalue weighted by atomic mass is 16.5. The lowest BCUT2D eigenvalue weighted by atomic mass is 9.95. The summed E-state index contributed by atoms with van der Waals surface area (Å²) in [5, 5.41) is 11.4. The van der Waals surface area contributed by atoms with Gasteiger partial charge in [0, 0.05) is 23.6 Å². The van der Waals surface area contributed by atoms with E-state index in [1.54, 1.807) is 67.0 Å². The van der Waals surface area contributed by atoms with Crippen molar-refractivity contribution in [1.29, 1.82) is 0 Å². The molecule has 7 nitrogen and oxygen atoms in total. The average Bonchev–Trinajstić information content (AvgIpc) is 3.23. The number of Topliss-reactive ketones (excluding diaryl/α,β-unsaturated/α-hetero) is 1. The molecule has 0 saturated carbocycles. The molecule has 2 heterocycles. The molecule has 1 N–H and O–H groups in total. The SMILES string of the molecule is Cc1cc(/C(O)=C2/C(=O)C(=O)N(c3ccc(OCc4ccccc4)cc3)C2c2cccnc2)ccc1OC(C)C. The van der Waals surface area contributed by atoms with E-state index in [2.05, 4.69) is 4.98 Å². The summed E-state index contributed by atoms with van der Waals surface area (Å²) in [5.41, 5.74) is 3.36. The van der Waals surface area contributed by atoms with Gasteiger partial charge in [0.25, 0.3) is 11.7 Å². The van der Waals surface area contributed by atoms with E-state index in [0.717, 1.165) is 11.1 Å². The number of benzene rings is 3. The van der Waals surface area contributed by atoms with E-state index in [1.807, 2.05) is 51.1 Å². The number of hydrogen-bond donors (Lipinski definition) is 1. The number of hydrogen-bond acceptors (Lipinski definition) is 6.